The lowest BCUT2D eigenvalue weighted by Gasteiger charge is -2.36. The van der Waals surface area contributed by atoms with Crippen molar-refractivity contribution in [3.63, 3.8) is 0 Å². The summed E-state index contributed by atoms with van der Waals surface area (Å²) in [6.45, 7) is 16.7. The van der Waals surface area contributed by atoms with E-state index in [0.29, 0.717) is 17.8 Å². The molecular formula is C18H35N3Si. The maximum atomic E-state index is 3.88. The van der Waals surface area contributed by atoms with E-state index in [1.54, 1.807) is 0 Å². The maximum Gasteiger partial charge on any atom is 0.315 e. The molecule has 0 atom stereocenters. The van der Waals surface area contributed by atoms with Crippen LogP contribution in [0.2, 0.25) is 0 Å². The van der Waals surface area contributed by atoms with Crippen molar-refractivity contribution in [3.05, 3.63) is 30.3 Å². The van der Waals surface area contributed by atoms with Gasteiger partial charge in [0.2, 0.25) is 0 Å². The van der Waals surface area contributed by atoms with E-state index in [4.69, 9.17) is 0 Å². The van der Waals surface area contributed by atoms with Crippen molar-refractivity contribution in [3.8, 4) is 0 Å². The highest BCUT2D eigenvalue weighted by atomic mass is 28.4. The first-order valence-corrected chi connectivity index (χ1v) is 10.7. The molecule has 1 aromatic rings. The van der Waals surface area contributed by atoms with Crippen molar-refractivity contribution in [2.75, 3.05) is 19.6 Å². The second-order valence-electron chi connectivity index (χ2n) is 7.44. The van der Waals surface area contributed by atoms with E-state index < -0.39 is 8.56 Å². The Hall–Kier alpha value is -0.683. The van der Waals surface area contributed by atoms with Crippen LogP contribution in [-0.4, -0.2) is 28.2 Å². The Morgan fingerprint density at radius 2 is 1.05 bits per heavy atom. The van der Waals surface area contributed by atoms with Gasteiger partial charge in [0, 0.05) is 0 Å². The van der Waals surface area contributed by atoms with Crippen LogP contribution in [-0.2, 0) is 0 Å². The summed E-state index contributed by atoms with van der Waals surface area (Å²) >= 11 is 0. The molecule has 126 valence electrons. The average Bonchev–Trinajstić information content (AvgIpc) is 2.47. The fourth-order valence-corrected chi connectivity index (χ4v) is 6.08. The van der Waals surface area contributed by atoms with Gasteiger partial charge < -0.3 is 14.9 Å². The van der Waals surface area contributed by atoms with Gasteiger partial charge in [0.1, 0.15) is 0 Å². The van der Waals surface area contributed by atoms with Crippen LogP contribution >= 0.6 is 0 Å². The standard InChI is InChI=1S/C18H35N3Si/c1-15(2)12-19-22(20-13-16(3)4,21-14-17(5)6)18-10-8-7-9-11-18/h7-11,15-17,19-21H,12-14H2,1-6H3. The normalized spacial score (nSPS) is 12.6. The van der Waals surface area contributed by atoms with E-state index in [1.807, 2.05) is 0 Å². The Morgan fingerprint density at radius 1 is 0.682 bits per heavy atom. The summed E-state index contributed by atoms with van der Waals surface area (Å²) in [6, 6.07) is 10.9. The number of hydrogen-bond donors (Lipinski definition) is 3. The first kappa shape index (κ1) is 19.4. The number of nitrogens with one attached hydrogen (secondary N) is 3. The van der Waals surface area contributed by atoms with Gasteiger partial charge in [-0.1, -0.05) is 71.9 Å². The summed E-state index contributed by atoms with van der Waals surface area (Å²) in [6.07, 6.45) is 0. The van der Waals surface area contributed by atoms with Crippen LogP contribution in [0.5, 0.6) is 0 Å². The Labute approximate surface area is 138 Å². The molecule has 22 heavy (non-hydrogen) atoms. The second kappa shape index (κ2) is 9.45. The molecule has 0 heterocycles. The molecule has 0 spiro atoms. The molecule has 0 aliphatic rings. The molecule has 1 aromatic carbocycles. The number of rotatable bonds is 10. The lowest BCUT2D eigenvalue weighted by Crippen LogP contribution is -2.80. The summed E-state index contributed by atoms with van der Waals surface area (Å²) in [5.41, 5.74) is 0. The van der Waals surface area contributed by atoms with Gasteiger partial charge in [-0.3, -0.25) is 0 Å². The van der Waals surface area contributed by atoms with Crippen LogP contribution in [0.25, 0.3) is 0 Å². The molecule has 0 amide bonds. The van der Waals surface area contributed by atoms with Gasteiger partial charge in [-0.25, -0.2) is 0 Å². The molecular weight excluding hydrogens is 286 g/mol. The van der Waals surface area contributed by atoms with Crippen molar-refractivity contribution in [2.24, 2.45) is 17.8 Å². The molecule has 0 aliphatic carbocycles. The molecule has 3 N–H and O–H groups in total. The Morgan fingerprint density at radius 3 is 1.36 bits per heavy atom. The van der Waals surface area contributed by atoms with E-state index in [0.717, 1.165) is 19.6 Å². The molecule has 0 aliphatic heterocycles. The van der Waals surface area contributed by atoms with E-state index >= 15 is 0 Å². The topological polar surface area (TPSA) is 36.1 Å². The summed E-state index contributed by atoms with van der Waals surface area (Å²) in [7, 11) is -2.11. The summed E-state index contributed by atoms with van der Waals surface area (Å²) in [4.78, 5) is 11.6. The maximum absolute atomic E-state index is 3.88. The molecule has 3 nitrogen and oxygen atoms in total. The quantitative estimate of drug-likeness (QED) is 0.580. The van der Waals surface area contributed by atoms with Crippen LogP contribution < -0.4 is 20.1 Å². The largest absolute Gasteiger partial charge is 0.315 e. The van der Waals surface area contributed by atoms with Gasteiger partial charge >= 0.3 is 8.56 Å². The zero-order valence-electron chi connectivity index (χ0n) is 15.2. The van der Waals surface area contributed by atoms with Crippen LogP contribution in [0, 0.1) is 17.8 Å². The zero-order chi connectivity index (χ0) is 16.6. The third-order valence-electron chi connectivity index (χ3n) is 3.53. The van der Waals surface area contributed by atoms with Gasteiger partial charge in [-0.2, -0.15) is 0 Å². The van der Waals surface area contributed by atoms with E-state index in [-0.39, 0.29) is 0 Å². The van der Waals surface area contributed by atoms with Crippen molar-refractivity contribution in [1.82, 2.24) is 14.9 Å². The van der Waals surface area contributed by atoms with Crippen LogP contribution in [0.1, 0.15) is 41.5 Å². The van der Waals surface area contributed by atoms with Gasteiger partial charge in [0.25, 0.3) is 0 Å². The third-order valence-corrected chi connectivity index (χ3v) is 6.94. The Kier molecular flexibility index (Phi) is 8.32. The van der Waals surface area contributed by atoms with Crippen LogP contribution in [0.4, 0.5) is 0 Å². The minimum absolute atomic E-state index is 0.636. The molecule has 1 rings (SSSR count). The van der Waals surface area contributed by atoms with Crippen molar-refractivity contribution >= 4 is 13.7 Å². The lowest BCUT2D eigenvalue weighted by atomic mass is 10.2. The first-order valence-electron chi connectivity index (χ1n) is 8.66. The lowest BCUT2D eigenvalue weighted by molar-refractivity contribution is 0.562. The van der Waals surface area contributed by atoms with Crippen molar-refractivity contribution in [1.29, 1.82) is 0 Å². The monoisotopic (exact) mass is 321 g/mol. The number of hydrogen-bond acceptors (Lipinski definition) is 3. The molecule has 0 unspecified atom stereocenters. The molecule has 4 heteroatoms. The third kappa shape index (κ3) is 6.61. The highest BCUT2D eigenvalue weighted by molar-refractivity contribution is 6.85. The van der Waals surface area contributed by atoms with Gasteiger partial charge in [0.05, 0.1) is 0 Å². The first-order chi connectivity index (χ1) is 10.4. The van der Waals surface area contributed by atoms with Gasteiger partial charge in [-0.15, -0.1) is 0 Å². The second-order valence-corrected chi connectivity index (χ2v) is 10.6. The average molecular weight is 322 g/mol. The van der Waals surface area contributed by atoms with Crippen molar-refractivity contribution in [2.45, 2.75) is 41.5 Å². The Bertz CT molecular complexity index is 373. The molecule has 0 saturated heterocycles. The fourth-order valence-electron chi connectivity index (χ4n) is 2.25. The predicted molar refractivity (Wildman–Crippen MR) is 100 cm³/mol. The smallest absolute Gasteiger partial charge is 0.309 e. The van der Waals surface area contributed by atoms with Crippen LogP contribution in [0.15, 0.2) is 30.3 Å². The molecule has 0 saturated carbocycles. The van der Waals surface area contributed by atoms with E-state index in [1.165, 1.54) is 5.19 Å². The minimum atomic E-state index is -2.11. The van der Waals surface area contributed by atoms with Crippen molar-refractivity contribution < 1.29 is 0 Å². The molecule has 0 aromatic heterocycles. The van der Waals surface area contributed by atoms with Gasteiger partial charge in [-0.05, 0) is 42.6 Å². The highest BCUT2D eigenvalue weighted by Crippen LogP contribution is 2.01. The van der Waals surface area contributed by atoms with Gasteiger partial charge in [0.15, 0.2) is 0 Å². The summed E-state index contributed by atoms with van der Waals surface area (Å²) < 4.78 is 0. The minimum Gasteiger partial charge on any atom is -0.309 e. The SMILES string of the molecule is CC(C)CN[Si](NCC(C)C)(NCC(C)C)c1ccccc1. The zero-order valence-corrected chi connectivity index (χ0v) is 16.2. The summed E-state index contributed by atoms with van der Waals surface area (Å²) in [5, 5.41) is 1.39. The highest BCUT2D eigenvalue weighted by Gasteiger charge is 2.36. The van der Waals surface area contributed by atoms with E-state index in [9.17, 15) is 0 Å². The predicted octanol–water partition coefficient (Wildman–Crippen LogP) is 2.57. The van der Waals surface area contributed by atoms with Crippen LogP contribution in [0.3, 0.4) is 0 Å². The Balaban J connectivity index is 3.03. The number of benzene rings is 1. The molecule has 0 bridgehead atoms. The molecule has 0 radical (unpaired) electrons. The van der Waals surface area contributed by atoms with E-state index in [2.05, 4.69) is 86.8 Å². The fraction of sp³-hybridized carbons (Fsp3) is 0.667. The molecule has 0 fully saturated rings. The summed E-state index contributed by atoms with van der Waals surface area (Å²) in [5.74, 6) is 1.91.